The first-order valence-corrected chi connectivity index (χ1v) is 13.2. The van der Waals surface area contributed by atoms with E-state index in [9.17, 15) is 4.79 Å². The van der Waals surface area contributed by atoms with Gasteiger partial charge in [0.2, 0.25) is 0 Å². The van der Waals surface area contributed by atoms with Crippen molar-refractivity contribution >= 4 is 5.97 Å². The highest BCUT2D eigenvalue weighted by Crippen LogP contribution is 2.32. The van der Waals surface area contributed by atoms with Crippen LogP contribution < -0.4 is 4.74 Å². The monoisotopic (exact) mass is 446 g/mol. The van der Waals surface area contributed by atoms with Gasteiger partial charge in [-0.15, -0.1) is 0 Å². The van der Waals surface area contributed by atoms with Gasteiger partial charge in [0.05, 0.1) is 5.56 Å². The summed E-state index contributed by atoms with van der Waals surface area (Å²) in [5, 5.41) is 0. The predicted octanol–water partition coefficient (Wildman–Crippen LogP) is 8.73. The third-order valence-electron chi connectivity index (χ3n) is 6.98. The Morgan fingerprint density at radius 2 is 1.52 bits per heavy atom. The summed E-state index contributed by atoms with van der Waals surface area (Å²) in [5.74, 6) is 2.06. The van der Waals surface area contributed by atoms with Crippen LogP contribution in [0.4, 0.5) is 0 Å². The minimum absolute atomic E-state index is 0.296. The van der Waals surface area contributed by atoms with Crippen molar-refractivity contribution in [3.05, 3.63) is 77.4 Å². The zero-order valence-corrected chi connectivity index (χ0v) is 20.7. The summed E-state index contributed by atoms with van der Waals surface area (Å²) in [7, 11) is 0. The van der Waals surface area contributed by atoms with E-state index in [1.807, 2.05) is 36.4 Å². The second kappa shape index (κ2) is 14.0. The van der Waals surface area contributed by atoms with Gasteiger partial charge in [0, 0.05) is 0 Å². The average molecular weight is 447 g/mol. The van der Waals surface area contributed by atoms with Crippen LogP contribution in [0.3, 0.4) is 0 Å². The van der Waals surface area contributed by atoms with E-state index in [0.29, 0.717) is 11.3 Å². The van der Waals surface area contributed by atoms with E-state index < -0.39 is 0 Å². The van der Waals surface area contributed by atoms with Crippen molar-refractivity contribution in [2.45, 2.75) is 90.9 Å². The summed E-state index contributed by atoms with van der Waals surface area (Å²) in [6, 6.07) is 15.7. The van der Waals surface area contributed by atoms with Gasteiger partial charge in [-0.25, -0.2) is 4.79 Å². The highest BCUT2D eigenvalue weighted by molar-refractivity contribution is 5.91. The third kappa shape index (κ3) is 8.84. The summed E-state index contributed by atoms with van der Waals surface area (Å²) in [6.07, 6.45) is 20.2. The Morgan fingerprint density at radius 1 is 0.848 bits per heavy atom. The molecule has 2 heteroatoms. The number of esters is 1. The number of hydrogen-bond acceptors (Lipinski definition) is 2. The second-order valence-corrected chi connectivity index (χ2v) is 9.72. The minimum Gasteiger partial charge on any atom is -0.423 e. The van der Waals surface area contributed by atoms with Crippen LogP contribution in [0.5, 0.6) is 5.75 Å². The summed E-state index contributed by atoms with van der Waals surface area (Å²) in [4.78, 5) is 12.4. The lowest BCUT2D eigenvalue weighted by Crippen LogP contribution is -2.13. The fraction of sp³-hybridized carbons (Fsp3) is 0.516. The van der Waals surface area contributed by atoms with Crippen LogP contribution in [0.2, 0.25) is 0 Å². The molecule has 0 unspecified atom stereocenters. The van der Waals surface area contributed by atoms with Crippen molar-refractivity contribution in [2.24, 2.45) is 11.8 Å². The van der Waals surface area contributed by atoms with E-state index in [-0.39, 0.29) is 5.97 Å². The van der Waals surface area contributed by atoms with E-state index in [2.05, 4.69) is 38.1 Å². The molecule has 3 rings (SSSR count). The molecule has 0 N–H and O–H groups in total. The Morgan fingerprint density at radius 3 is 2.18 bits per heavy atom. The quantitative estimate of drug-likeness (QED) is 0.141. The molecule has 0 radical (unpaired) electrons. The van der Waals surface area contributed by atoms with Crippen LogP contribution in [-0.4, -0.2) is 5.97 Å². The average Bonchev–Trinajstić information content (AvgIpc) is 2.85. The standard InChI is InChI=1S/C31H42O2/c1-3-5-6-10-26-13-15-27(16-14-26)11-7-8-12-28-17-21-29(22-18-28)31(32)33-30-23-19-25(9-4-2)20-24-30/h7,11,17-24,26-27H,3-6,8-10,12-16H2,1-2H3. The molecule has 0 amide bonds. The first-order valence-electron chi connectivity index (χ1n) is 13.2. The molecule has 1 aliphatic rings. The molecule has 1 fully saturated rings. The van der Waals surface area contributed by atoms with Gasteiger partial charge in [-0.05, 0) is 92.2 Å². The lowest BCUT2D eigenvalue weighted by molar-refractivity contribution is 0.0734. The lowest BCUT2D eigenvalue weighted by Gasteiger charge is -2.26. The van der Waals surface area contributed by atoms with Gasteiger partial charge >= 0.3 is 5.97 Å². The molecule has 0 aliphatic heterocycles. The Kier molecular flexibility index (Phi) is 10.7. The fourth-order valence-electron chi connectivity index (χ4n) is 4.88. The normalized spacial score (nSPS) is 18.5. The van der Waals surface area contributed by atoms with Crippen molar-refractivity contribution in [1.29, 1.82) is 0 Å². The number of unbranched alkanes of at least 4 members (excludes halogenated alkanes) is 2. The topological polar surface area (TPSA) is 26.3 Å². The van der Waals surface area contributed by atoms with Crippen LogP contribution in [0.1, 0.15) is 99.5 Å². The van der Waals surface area contributed by atoms with Crippen molar-refractivity contribution in [2.75, 3.05) is 0 Å². The summed E-state index contributed by atoms with van der Waals surface area (Å²) in [6.45, 7) is 4.45. The van der Waals surface area contributed by atoms with Gasteiger partial charge in [-0.3, -0.25) is 0 Å². The minimum atomic E-state index is -0.296. The Labute approximate surface area is 201 Å². The third-order valence-corrected chi connectivity index (χ3v) is 6.98. The van der Waals surface area contributed by atoms with Gasteiger partial charge in [-0.1, -0.05) is 82.4 Å². The van der Waals surface area contributed by atoms with Gasteiger partial charge in [0.15, 0.2) is 0 Å². The Balaban J connectivity index is 1.37. The molecule has 33 heavy (non-hydrogen) atoms. The molecule has 0 heterocycles. The first-order chi connectivity index (χ1) is 16.2. The number of allylic oxidation sites excluding steroid dienone is 2. The summed E-state index contributed by atoms with van der Waals surface area (Å²) >= 11 is 0. The fourth-order valence-corrected chi connectivity index (χ4v) is 4.88. The molecular formula is C31H42O2. The molecule has 0 bridgehead atoms. The SMILES string of the molecule is CCCCCC1CCC(C=CCCc2ccc(C(=O)Oc3ccc(CCC)cc3)cc2)CC1. The van der Waals surface area contributed by atoms with Crippen LogP contribution >= 0.6 is 0 Å². The highest BCUT2D eigenvalue weighted by Gasteiger charge is 2.18. The zero-order valence-electron chi connectivity index (χ0n) is 20.7. The van der Waals surface area contributed by atoms with Crippen LogP contribution in [0, 0.1) is 11.8 Å². The predicted molar refractivity (Wildman–Crippen MR) is 139 cm³/mol. The number of benzene rings is 2. The zero-order chi connectivity index (χ0) is 23.3. The van der Waals surface area contributed by atoms with Crippen molar-refractivity contribution in [3.8, 4) is 5.75 Å². The Bertz CT molecular complexity index is 839. The van der Waals surface area contributed by atoms with Crippen molar-refractivity contribution in [3.63, 3.8) is 0 Å². The van der Waals surface area contributed by atoms with E-state index in [0.717, 1.165) is 37.5 Å². The van der Waals surface area contributed by atoms with Gasteiger partial charge in [0.25, 0.3) is 0 Å². The Hall–Kier alpha value is -2.35. The number of rotatable bonds is 12. The van der Waals surface area contributed by atoms with Crippen LogP contribution in [0.15, 0.2) is 60.7 Å². The maximum absolute atomic E-state index is 12.4. The summed E-state index contributed by atoms with van der Waals surface area (Å²) < 4.78 is 5.52. The number of aryl methyl sites for hydroxylation is 2. The lowest BCUT2D eigenvalue weighted by atomic mass is 9.79. The molecule has 2 nitrogen and oxygen atoms in total. The number of hydrogen-bond donors (Lipinski definition) is 0. The number of ether oxygens (including phenoxy) is 1. The molecular weight excluding hydrogens is 404 g/mol. The van der Waals surface area contributed by atoms with E-state index >= 15 is 0 Å². The molecule has 178 valence electrons. The molecule has 0 saturated heterocycles. The molecule has 0 spiro atoms. The maximum atomic E-state index is 12.4. The number of carbonyl (C=O) groups is 1. The van der Waals surface area contributed by atoms with E-state index in [1.165, 1.54) is 62.5 Å². The van der Waals surface area contributed by atoms with Crippen molar-refractivity contribution < 1.29 is 9.53 Å². The highest BCUT2D eigenvalue weighted by atomic mass is 16.5. The molecule has 2 aromatic carbocycles. The number of carbonyl (C=O) groups excluding carboxylic acids is 1. The second-order valence-electron chi connectivity index (χ2n) is 9.72. The molecule has 1 aliphatic carbocycles. The van der Waals surface area contributed by atoms with Crippen molar-refractivity contribution in [1.82, 2.24) is 0 Å². The smallest absolute Gasteiger partial charge is 0.343 e. The molecule has 0 atom stereocenters. The van der Waals surface area contributed by atoms with Gasteiger partial charge in [-0.2, -0.15) is 0 Å². The largest absolute Gasteiger partial charge is 0.423 e. The summed E-state index contributed by atoms with van der Waals surface area (Å²) in [5.41, 5.74) is 3.13. The van der Waals surface area contributed by atoms with E-state index in [1.54, 1.807) is 0 Å². The molecule has 0 aromatic heterocycles. The van der Waals surface area contributed by atoms with Crippen LogP contribution in [-0.2, 0) is 12.8 Å². The first kappa shape index (κ1) is 25.3. The molecule has 2 aromatic rings. The molecule has 1 saturated carbocycles. The van der Waals surface area contributed by atoms with Gasteiger partial charge in [0.1, 0.15) is 5.75 Å². The van der Waals surface area contributed by atoms with Gasteiger partial charge < -0.3 is 4.74 Å². The van der Waals surface area contributed by atoms with Crippen LogP contribution in [0.25, 0.3) is 0 Å². The van der Waals surface area contributed by atoms with E-state index in [4.69, 9.17) is 4.74 Å². The maximum Gasteiger partial charge on any atom is 0.343 e.